The monoisotopic (exact) mass is 213 g/mol. The fourth-order valence-corrected chi connectivity index (χ4v) is 2.38. The number of carbonyl (C=O) groups is 1. The van der Waals surface area contributed by atoms with Crippen molar-refractivity contribution in [2.75, 3.05) is 0 Å². The number of aliphatic carboxylic acids is 1. The lowest BCUT2D eigenvalue weighted by atomic mass is 9.79. The average Bonchev–Trinajstić information content (AvgIpc) is 2.18. The van der Waals surface area contributed by atoms with Crippen molar-refractivity contribution in [2.45, 2.75) is 58.5 Å². The summed E-state index contributed by atoms with van der Waals surface area (Å²) in [6.45, 7) is 6.27. The van der Waals surface area contributed by atoms with E-state index in [2.05, 4.69) is 19.2 Å². The van der Waals surface area contributed by atoms with Crippen molar-refractivity contribution in [2.24, 2.45) is 11.8 Å². The van der Waals surface area contributed by atoms with Crippen LogP contribution in [0.2, 0.25) is 0 Å². The van der Waals surface area contributed by atoms with E-state index in [-0.39, 0.29) is 0 Å². The van der Waals surface area contributed by atoms with E-state index in [1.807, 2.05) is 0 Å². The first-order chi connectivity index (χ1) is 7.00. The van der Waals surface area contributed by atoms with Crippen LogP contribution in [0.15, 0.2) is 0 Å². The van der Waals surface area contributed by atoms with Gasteiger partial charge in [-0.3, -0.25) is 4.79 Å². The molecule has 0 bridgehead atoms. The summed E-state index contributed by atoms with van der Waals surface area (Å²) in [4.78, 5) is 10.7. The highest BCUT2D eigenvalue weighted by Gasteiger charge is 2.25. The van der Waals surface area contributed by atoms with E-state index in [0.717, 1.165) is 24.7 Å². The molecule has 88 valence electrons. The Morgan fingerprint density at radius 2 is 1.73 bits per heavy atom. The summed E-state index contributed by atoms with van der Waals surface area (Å²) in [7, 11) is 0. The number of hydrogen-bond donors (Lipinski definition) is 2. The van der Waals surface area contributed by atoms with Crippen molar-refractivity contribution >= 4 is 5.97 Å². The molecule has 1 unspecified atom stereocenters. The molecule has 3 nitrogen and oxygen atoms in total. The normalized spacial score (nSPS) is 29.1. The van der Waals surface area contributed by atoms with Gasteiger partial charge in [0.25, 0.3) is 0 Å². The Kier molecular flexibility index (Phi) is 4.58. The third-order valence-electron chi connectivity index (χ3n) is 3.57. The number of carboxylic acid groups (broad SMARTS) is 1. The zero-order valence-electron chi connectivity index (χ0n) is 9.99. The molecule has 0 aromatic rings. The van der Waals surface area contributed by atoms with Gasteiger partial charge >= 0.3 is 5.97 Å². The molecule has 1 rings (SSSR count). The molecule has 0 radical (unpaired) electrons. The Morgan fingerprint density at radius 1 is 1.20 bits per heavy atom. The molecule has 0 saturated heterocycles. The van der Waals surface area contributed by atoms with Crippen LogP contribution in [0, 0.1) is 11.8 Å². The molecule has 1 aliphatic carbocycles. The molecule has 0 aromatic heterocycles. The van der Waals surface area contributed by atoms with E-state index < -0.39 is 12.0 Å². The van der Waals surface area contributed by atoms with Gasteiger partial charge in [-0.2, -0.15) is 0 Å². The molecule has 0 amide bonds. The molecule has 2 N–H and O–H groups in total. The summed E-state index contributed by atoms with van der Waals surface area (Å²) >= 11 is 0. The lowest BCUT2D eigenvalue weighted by molar-refractivity contribution is -0.139. The largest absolute Gasteiger partial charge is 0.480 e. The maximum absolute atomic E-state index is 10.7. The lowest BCUT2D eigenvalue weighted by Crippen LogP contribution is -2.43. The number of carboxylic acids is 1. The quantitative estimate of drug-likeness (QED) is 0.753. The first-order valence-corrected chi connectivity index (χ1v) is 5.99. The zero-order valence-corrected chi connectivity index (χ0v) is 9.99. The van der Waals surface area contributed by atoms with Crippen LogP contribution in [0.4, 0.5) is 0 Å². The van der Waals surface area contributed by atoms with Gasteiger partial charge in [-0.1, -0.05) is 13.8 Å². The van der Waals surface area contributed by atoms with Gasteiger partial charge in [0, 0.05) is 6.04 Å². The van der Waals surface area contributed by atoms with Gasteiger partial charge in [-0.05, 0) is 44.4 Å². The third-order valence-corrected chi connectivity index (χ3v) is 3.57. The van der Waals surface area contributed by atoms with Crippen molar-refractivity contribution in [3.8, 4) is 0 Å². The second-order valence-corrected chi connectivity index (χ2v) is 5.08. The highest BCUT2D eigenvalue weighted by molar-refractivity contribution is 5.72. The van der Waals surface area contributed by atoms with Crippen LogP contribution in [0.1, 0.15) is 46.5 Å². The van der Waals surface area contributed by atoms with Crippen molar-refractivity contribution in [3.63, 3.8) is 0 Å². The summed E-state index contributed by atoms with van der Waals surface area (Å²) < 4.78 is 0. The van der Waals surface area contributed by atoms with Crippen molar-refractivity contribution < 1.29 is 9.90 Å². The molecule has 0 aromatic carbocycles. The molecule has 1 fully saturated rings. The Balaban J connectivity index is 2.28. The smallest absolute Gasteiger partial charge is 0.320 e. The average molecular weight is 213 g/mol. The highest BCUT2D eigenvalue weighted by atomic mass is 16.4. The fourth-order valence-electron chi connectivity index (χ4n) is 2.38. The Morgan fingerprint density at radius 3 is 2.13 bits per heavy atom. The zero-order chi connectivity index (χ0) is 11.4. The van der Waals surface area contributed by atoms with Gasteiger partial charge in [0.15, 0.2) is 0 Å². The van der Waals surface area contributed by atoms with E-state index in [9.17, 15) is 4.79 Å². The third kappa shape index (κ3) is 3.82. The summed E-state index contributed by atoms with van der Waals surface area (Å²) in [5.74, 6) is 0.854. The molecule has 1 saturated carbocycles. The molecule has 0 spiro atoms. The summed E-state index contributed by atoms with van der Waals surface area (Å²) in [5.41, 5.74) is 0. The minimum atomic E-state index is -0.749. The first kappa shape index (κ1) is 12.5. The van der Waals surface area contributed by atoms with E-state index in [0.29, 0.717) is 6.04 Å². The van der Waals surface area contributed by atoms with Gasteiger partial charge in [0.2, 0.25) is 0 Å². The van der Waals surface area contributed by atoms with Gasteiger partial charge in [0.05, 0.1) is 0 Å². The molecular formula is C12H23NO2. The Hall–Kier alpha value is -0.570. The second kappa shape index (κ2) is 5.50. The summed E-state index contributed by atoms with van der Waals surface area (Å²) in [6, 6.07) is -0.00306. The highest BCUT2D eigenvalue weighted by Crippen LogP contribution is 2.29. The van der Waals surface area contributed by atoms with Crippen LogP contribution in [0.3, 0.4) is 0 Å². The molecule has 0 aliphatic heterocycles. The van der Waals surface area contributed by atoms with Gasteiger partial charge in [-0.25, -0.2) is 0 Å². The number of rotatable bonds is 4. The minimum Gasteiger partial charge on any atom is -0.480 e. The van der Waals surface area contributed by atoms with E-state index in [1.165, 1.54) is 12.8 Å². The maximum Gasteiger partial charge on any atom is 0.320 e. The number of hydrogen-bond acceptors (Lipinski definition) is 2. The number of nitrogens with one attached hydrogen (secondary N) is 1. The van der Waals surface area contributed by atoms with Gasteiger partial charge < -0.3 is 10.4 Å². The topological polar surface area (TPSA) is 49.3 Å². The Labute approximate surface area is 92.3 Å². The van der Waals surface area contributed by atoms with Crippen LogP contribution < -0.4 is 5.32 Å². The lowest BCUT2D eigenvalue weighted by Gasteiger charge is -2.32. The van der Waals surface area contributed by atoms with Crippen LogP contribution in [-0.2, 0) is 4.79 Å². The van der Waals surface area contributed by atoms with E-state index in [4.69, 9.17) is 5.11 Å². The van der Waals surface area contributed by atoms with Crippen molar-refractivity contribution in [1.82, 2.24) is 5.32 Å². The predicted octanol–water partition coefficient (Wildman–Crippen LogP) is 2.26. The van der Waals surface area contributed by atoms with Crippen molar-refractivity contribution in [1.29, 1.82) is 0 Å². The molecular weight excluding hydrogens is 190 g/mol. The second-order valence-electron chi connectivity index (χ2n) is 5.08. The van der Waals surface area contributed by atoms with Crippen LogP contribution in [0.25, 0.3) is 0 Å². The molecule has 15 heavy (non-hydrogen) atoms. The SMILES string of the molecule is CC(NC1CCC(C(C)C)CC1)C(=O)O. The van der Waals surface area contributed by atoms with E-state index in [1.54, 1.807) is 6.92 Å². The van der Waals surface area contributed by atoms with Gasteiger partial charge in [0.1, 0.15) is 6.04 Å². The van der Waals surface area contributed by atoms with Crippen LogP contribution in [-0.4, -0.2) is 23.2 Å². The Bertz CT molecular complexity index is 208. The minimum absolute atomic E-state index is 0.408. The van der Waals surface area contributed by atoms with Crippen LogP contribution >= 0.6 is 0 Å². The predicted molar refractivity (Wildman–Crippen MR) is 60.8 cm³/mol. The molecule has 3 heteroatoms. The fraction of sp³-hybridized carbons (Fsp3) is 0.917. The molecule has 1 aliphatic rings. The van der Waals surface area contributed by atoms with Gasteiger partial charge in [-0.15, -0.1) is 0 Å². The molecule has 0 heterocycles. The van der Waals surface area contributed by atoms with E-state index >= 15 is 0 Å². The standard InChI is InChI=1S/C12H23NO2/c1-8(2)10-4-6-11(7-5-10)13-9(3)12(14)15/h8-11,13H,4-7H2,1-3H3,(H,14,15). The van der Waals surface area contributed by atoms with Crippen molar-refractivity contribution in [3.05, 3.63) is 0 Å². The maximum atomic E-state index is 10.7. The summed E-state index contributed by atoms with van der Waals surface area (Å²) in [6.07, 6.45) is 4.73. The molecule has 1 atom stereocenters. The summed E-state index contributed by atoms with van der Waals surface area (Å²) in [5, 5.41) is 12.0. The van der Waals surface area contributed by atoms with Crippen LogP contribution in [0.5, 0.6) is 0 Å². The first-order valence-electron chi connectivity index (χ1n) is 5.99.